The van der Waals surface area contributed by atoms with Gasteiger partial charge in [0.1, 0.15) is 5.75 Å². The van der Waals surface area contributed by atoms with E-state index in [1.54, 1.807) is 18.2 Å². The van der Waals surface area contributed by atoms with E-state index in [-0.39, 0.29) is 11.5 Å². The van der Waals surface area contributed by atoms with Crippen LogP contribution in [0, 0.1) is 0 Å². The Hall–Kier alpha value is -3.02. The van der Waals surface area contributed by atoms with Crippen LogP contribution in [0.25, 0.3) is 0 Å². The first-order valence-electron chi connectivity index (χ1n) is 6.69. The van der Waals surface area contributed by atoms with Crippen LogP contribution < -0.4 is 10.2 Å². The Balaban J connectivity index is 2.05. The van der Waals surface area contributed by atoms with Crippen LogP contribution in [0.15, 0.2) is 47.6 Å². The van der Waals surface area contributed by atoms with E-state index in [0.29, 0.717) is 23.5 Å². The highest BCUT2D eigenvalue weighted by Crippen LogP contribution is 2.28. The number of para-hydroxylation sites is 1. The normalized spacial score (nSPS) is 10.6. The summed E-state index contributed by atoms with van der Waals surface area (Å²) in [5.74, 6) is -0.0160. The quantitative estimate of drug-likeness (QED) is 0.583. The topological polar surface area (TPSA) is 91.2 Å². The third-order valence-electron chi connectivity index (χ3n) is 2.83. The predicted molar refractivity (Wildman–Crippen MR) is 82.4 cm³/mol. The van der Waals surface area contributed by atoms with Gasteiger partial charge in [-0.2, -0.15) is 5.10 Å². The lowest BCUT2D eigenvalue weighted by Crippen LogP contribution is -2.17. The largest absolute Gasteiger partial charge is 0.508 e. The molecule has 2 aromatic carbocycles. The summed E-state index contributed by atoms with van der Waals surface area (Å²) in [6, 6.07) is 10.8. The molecule has 0 unspecified atom stereocenters. The Morgan fingerprint density at radius 1 is 1.23 bits per heavy atom. The van der Waals surface area contributed by atoms with Crippen molar-refractivity contribution in [3.8, 4) is 17.2 Å². The first-order chi connectivity index (χ1) is 10.6. The number of hydrogen-bond acceptors (Lipinski definition) is 5. The lowest BCUT2D eigenvalue weighted by atomic mass is 10.2. The Morgan fingerprint density at radius 3 is 2.64 bits per heavy atom. The number of phenolic OH excluding ortho intramolecular Hbond substituents is 2. The Bertz CT molecular complexity index is 681. The fraction of sp³-hybridized carbons (Fsp3) is 0.125. The monoisotopic (exact) mass is 300 g/mol. The highest BCUT2D eigenvalue weighted by atomic mass is 16.5. The minimum Gasteiger partial charge on any atom is -0.508 e. The lowest BCUT2D eigenvalue weighted by molar-refractivity contribution is 0.0955. The van der Waals surface area contributed by atoms with Crippen molar-refractivity contribution >= 4 is 12.1 Å². The number of nitrogens with one attached hydrogen (secondary N) is 1. The summed E-state index contributed by atoms with van der Waals surface area (Å²) in [5.41, 5.74) is 3.13. The van der Waals surface area contributed by atoms with Crippen LogP contribution in [0.2, 0.25) is 0 Å². The van der Waals surface area contributed by atoms with E-state index in [4.69, 9.17) is 9.84 Å². The number of benzene rings is 2. The van der Waals surface area contributed by atoms with Crippen molar-refractivity contribution in [3.05, 3.63) is 53.6 Å². The molecule has 2 rings (SSSR count). The molecule has 0 spiro atoms. The van der Waals surface area contributed by atoms with Crippen molar-refractivity contribution in [3.63, 3.8) is 0 Å². The summed E-state index contributed by atoms with van der Waals surface area (Å²) in [6.07, 6.45) is 1.33. The third-order valence-corrected chi connectivity index (χ3v) is 2.83. The Labute approximate surface area is 127 Å². The molecule has 0 heterocycles. The van der Waals surface area contributed by atoms with Gasteiger partial charge in [-0.15, -0.1) is 0 Å². The fourth-order valence-electron chi connectivity index (χ4n) is 1.75. The molecule has 0 aromatic heterocycles. The number of amides is 1. The summed E-state index contributed by atoms with van der Waals surface area (Å²) in [7, 11) is 0. The molecule has 22 heavy (non-hydrogen) atoms. The van der Waals surface area contributed by atoms with Crippen LogP contribution >= 0.6 is 0 Å². The Kier molecular flexibility index (Phi) is 4.98. The zero-order valence-electron chi connectivity index (χ0n) is 12.0. The minimum absolute atomic E-state index is 0.0352. The second-order valence-electron chi connectivity index (χ2n) is 4.37. The van der Waals surface area contributed by atoms with Crippen LogP contribution in [0.4, 0.5) is 0 Å². The fourth-order valence-corrected chi connectivity index (χ4v) is 1.75. The van der Waals surface area contributed by atoms with E-state index >= 15 is 0 Å². The van der Waals surface area contributed by atoms with E-state index in [1.807, 2.05) is 6.92 Å². The number of hydrazone groups is 1. The minimum atomic E-state index is -0.420. The van der Waals surface area contributed by atoms with Gasteiger partial charge in [0.05, 0.1) is 12.8 Å². The SMILES string of the molecule is CCOc1cccc(C=NNC(=O)c2ccc(O)cc2)c1O. The van der Waals surface area contributed by atoms with Crippen LogP contribution in [-0.4, -0.2) is 28.9 Å². The number of carbonyl (C=O) groups is 1. The number of phenols is 2. The van der Waals surface area contributed by atoms with E-state index in [9.17, 15) is 9.90 Å². The smallest absolute Gasteiger partial charge is 0.271 e. The number of aromatic hydroxyl groups is 2. The van der Waals surface area contributed by atoms with Crippen molar-refractivity contribution in [1.29, 1.82) is 0 Å². The van der Waals surface area contributed by atoms with Crippen molar-refractivity contribution in [2.45, 2.75) is 6.92 Å². The molecule has 0 radical (unpaired) electrons. The van der Waals surface area contributed by atoms with Crippen LogP contribution in [0.5, 0.6) is 17.2 Å². The van der Waals surface area contributed by atoms with E-state index in [0.717, 1.165) is 0 Å². The molecule has 2 aromatic rings. The predicted octanol–water partition coefficient (Wildman–Crippen LogP) is 2.26. The van der Waals surface area contributed by atoms with Crippen LogP contribution in [0.1, 0.15) is 22.8 Å². The van der Waals surface area contributed by atoms with Gasteiger partial charge in [0.25, 0.3) is 5.91 Å². The molecule has 114 valence electrons. The Morgan fingerprint density at radius 2 is 1.95 bits per heavy atom. The van der Waals surface area contributed by atoms with Gasteiger partial charge in [-0.05, 0) is 43.3 Å². The van der Waals surface area contributed by atoms with Crippen molar-refractivity contribution in [2.75, 3.05) is 6.61 Å². The summed E-state index contributed by atoms with van der Waals surface area (Å²) in [5, 5.41) is 22.9. The van der Waals surface area contributed by atoms with Gasteiger partial charge >= 0.3 is 0 Å². The van der Waals surface area contributed by atoms with Gasteiger partial charge in [-0.25, -0.2) is 5.43 Å². The van der Waals surface area contributed by atoms with Gasteiger partial charge in [-0.3, -0.25) is 4.79 Å². The van der Waals surface area contributed by atoms with Gasteiger partial charge in [0.15, 0.2) is 11.5 Å². The zero-order chi connectivity index (χ0) is 15.9. The molecular formula is C16H16N2O4. The molecule has 0 fully saturated rings. The third kappa shape index (κ3) is 3.76. The molecule has 0 aliphatic carbocycles. The number of ether oxygens (including phenoxy) is 1. The highest BCUT2D eigenvalue weighted by Gasteiger charge is 2.06. The summed E-state index contributed by atoms with van der Waals surface area (Å²) < 4.78 is 5.26. The van der Waals surface area contributed by atoms with E-state index in [1.165, 1.54) is 30.5 Å². The summed E-state index contributed by atoms with van der Waals surface area (Å²) in [6.45, 7) is 2.25. The molecule has 0 saturated carbocycles. The van der Waals surface area contributed by atoms with Crippen LogP contribution in [-0.2, 0) is 0 Å². The van der Waals surface area contributed by atoms with Crippen LogP contribution in [0.3, 0.4) is 0 Å². The maximum absolute atomic E-state index is 11.8. The summed E-state index contributed by atoms with van der Waals surface area (Å²) in [4.78, 5) is 11.8. The number of rotatable bonds is 5. The standard InChI is InChI=1S/C16H16N2O4/c1-2-22-14-5-3-4-12(15(14)20)10-17-18-16(21)11-6-8-13(19)9-7-11/h3-10,19-20H,2H2,1H3,(H,18,21). The maximum atomic E-state index is 11.8. The average Bonchev–Trinajstić information content (AvgIpc) is 2.51. The molecule has 0 bridgehead atoms. The first kappa shape index (κ1) is 15.4. The van der Waals surface area contributed by atoms with Crippen molar-refractivity contribution in [1.82, 2.24) is 5.43 Å². The van der Waals surface area contributed by atoms with Gasteiger partial charge < -0.3 is 14.9 Å². The number of nitrogens with zero attached hydrogens (tertiary/aromatic N) is 1. The molecule has 6 heteroatoms. The lowest BCUT2D eigenvalue weighted by Gasteiger charge is -2.07. The molecular weight excluding hydrogens is 284 g/mol. The average molecular weight is 300 g/mol. The number of carbonyl (C=O) groups excluding carboxylic acids is 1. The van der Waals surface area contributed by atoms with Crippen molar-refractivity contribution in [2.24, 2.45) is 5.10 Å². The molecule has 3 N–H and O–H groups in total. The highest BCUT2D eigenvalue weighted by molar-refractivity contribution is 5.95. The maximum Gasteiger partial charge on any atom is 0.271 e. The van der Waals surface area contributed by atoms with Gasteiger partial charge in [0.2, 0.25) is 0 Å². The molecule has 0 aliphatic rings. The first-order valence-corrected chi connectivity index (χ1v) is 6.69. The summed E-state index contributed by atoms with van der Waals surface area (Å²) >= 11 is 0. The molecule has 1 amide bonds. The van der Waals surface area contributed by atoms with E-state index in [2.05, 4.69) is 10.5 Å². The van der Waals surface area contributed by atoms with E-state index < -0.39 is 5.91 Å². The second-order valence-corrected chi connectivity index (χ2v) is 4.37. The molecule has 6 nitrogen and oxygen atoms in total. The second kappa shape index (κ2) is 7.12. The number of hydrogen-bond donors (Lipinski definition) is 3. The molecule has 0 aliphatic heterocycles. The van der Waals surface area contributed by atoms with Gasteiger partial charge in [0, 0.05) is 11.1 Å². The molecule has 0 saturated heterocycles. The van der Waals surface area contributed by atoms with Crippen molar-refractivity contribution < 1.29 is 19.7 Å². The molecule has 0 atom stereocenters. The zero-order valence-corrected chi connectivity index (χ0v) is 12.0. The van der Waals surface area contributed by atoms with Gasteiger partial charge in [-0.1, -0.05) is 6.07 Å².